The fraction of sp³-hybridized carbons (Fsp3) is 0.321. The highest BCUT2D eigenvalue weighted by atomic mass is 16.6. The van der Waals surface area contributed by atoms with E-state index in [1.165, 1.54) is 26.6 Å². The minimum atomic E-state index is -2.15. The molecule has 16 nitrogen and oxygen atoms in total. The molecule has 1 saturated heterocycles. The molecule has 1 aliphatic carbocycles. The molecule has 16 heteroatoms. The molecule has 0 saturated carbocycles. The van der Waals surface area contributed by atoms with E-state index in [4.69, 9.17) is 28.4 Å². The summed E-state index contributed by atoms with van der Waals surface area (Å²) in [5, 5.41) is 0. The van der Waals surface area contributed by atoms with Crippen LogP contribution in [0.2, 0.25) is 0 Å². The summed E-state index contributed by atoms with van der Waals surface area (Å²) in [6, 6.07) is 28.6. The van der Waals surface area contributed by atoms with E-state index < -0.39 is 82.6 Å². The highest BCUT2D eigenvalue weighted by Crippen LogP contribution is 2.65. The summed E-state index contributed by atoms with van der Waals surface area (Å²) in [6.45, 7) is 7.30. The Balaban J connectivity index is 1.14. The third kappa shape index (κ3) is 6.43. The van der Waals surface area contributed by atoms with Gasteiger partial charge < -0.3 is 48.0 Å². The van der Waals surface area contributed by atoms with E-state index in [0.29, 0.717) is 22.5 Å². The lowest BCUT2D eigenvalue weighted by molar-refractivity contribution is -0.263. The lowest BCUT2D eigenvalue weighted by Gasteiger charge is -2.65. The Hall–Kier alpha value is -7.82. The van der Waals surface area contributed by atoms with Crippen molar-refractivity contribution in [1.82, 2.24) is 9.80 Å². The molecule has 7 heterocycles. The van der Waals surface area contributed by atoms with E-state index >= 15 is 14.4 Å². The molecule has 7 aliphatic heterocycles. The number of rotatable bonds is 10. The van der Waals surface area contributed by atoms with Crippen LogP contribution < -0.4 is 9.80 Å². The molecule has 12 rings (SSSR count). The lowest BCUT2D eigenvalue weighted by atomic mass is 9.53. The number of hydrogen-bond donors (Lipinski definition) is 0. The predicted octanol–water partition coefficient (Wildman–Crippen LogP) is 6.11. The lowest BCUT2D eigenvalue weighted by Crippen LogP contribution is -2.76. The van der Waals surface area contributed by atoms with Gasteiger partial charge in [-0.3, -0.25) is 14.4 Å². The highest BCUT2D eigenvalue weighted by Gasteiger charge is 2.75. The molecule has 8 atom stereocenters. The summed E-state index contributed by atoms with van der Waals surface area (Å²) in [5.41, 5.74) is -1.26. The van der Waals surface area contributed by atoms with Gasteiger partial charge in [0.25, 0.3) is 11.8 Å². The quantitative estimate of drug-likeness (QED) is 0.132. The van der Waals surface area contributed by atoms with Gasteiger partial charge in [0, 0.05) is 47.1 Å². The van der Waals surface area contributed by atoms with Gasteiger partial charge in [-0.1, -0.05) is 96.1 Å². The molecule has 72 heavy (non-hydrogen) atoms. The normalized spacial score (nSPS) is 28.1. The van der Waals surface area contributed by atoms with Gasteiger partial charge in [-0.05, 0) is 63.1 Å². The number of esters is 4. The monoisotopic (exact) mass is 972 g/mol. The molecule has 0 radical (unpaired) electrons. The highest BCUT2D eigenvalue weighted by molar-refractivity contribution is 6.15. The smallest absolute Gasteiger partial charge is 0.339 e. The van der Waals surface area contributed by atoms with Crippen molar-refractivity contribution in [2.24, 2.45) is 17.3 Å². The second-order valence-corrected chi connectivity index (χ2v) is 18.9. The zero-order valence-corrected chi connectivity index (χ0v) is 40.5. The maximum Gasteiger partial charge on any atom is 0.339 e. The molecule has 2 spiro atoms. The number of carbonyl (C=O) groups is 6. The topological polar surface area (TPSA) is 171 Å². The van der Waals surface area contributed by atoms with Crippen molar-refractivity contribution >= 4 is 47.1 Å². The van der Waals surface area contributed by atoms with Crippen molar-refractivity contribution in [3.63, 3.8) is 0 Å². The van der Waals surface area contributed by atoms with Crippen LogP contribution in [0.3, 0.4) is 0 Å². The van der Waals surface area contributed by atoms with E-state index in [9.17, 15) is 14.4 Å². The summed E-state index contributed by atoms with van der Waals surface area (Å²) in [6.07, 6.45) is 5.28. The van der Waals surface area contributed by atoms with Crippen molar-refractivity contribution in [1.29, 1.82) is 0 Å². The summed E-state index contributed by atoms with van der Waals surface area (Å²) in [4.78, 5) is 96.5. The Morgan fingerprint density at radius 1 is 0.639 bits per heavy atom. The van der Waals surface area contributed by atoms with Gasteiger partial charge in [0.2, 0.25) is 11.2 Å². The largest absolute Gasteiger partial charge is 0.466 e. The molecular weight excluding hydrogens is 921 g/mol. The first kappa shape index (κ1) is 46.6. The Labute approximate surface area is 415 Å². The van der Waals surface area contributed by atoms with Crippen molar-refractivity contribution in [2.45, 2.75) is 70.5 Å². The SMILES string of the molecule is CCOC(=O)C1=CC2N3C=C(C(=O)OC)C4(OC3C1C1C3OC5(C(=O)N(Cc6ccccc6)c6ccc(C)cc65)C(C(=O)OC)=CN3C=CC12C(=O)OCC)C(=O)N(Cc1ccccc1)c1ccc(C)cc14. The first-order valence-electron chi connectivity index (χ1n) is 24.0. The van der Waals surface area contributed by atoms with Crippen LogP contribution in [0.4, 0.5) is 11.4 Å². The Bertz CT molecular complexity index is 3110. The van der Waals surface area contributed by atoms with Crippen LogP contribution in [0.25, 0.3) is 0 Å². The first-order valence-corrected chi connectivity index (χ1v) is 24.0. The van der Waals surface area contributed by atoms with Crippen LogP contribution in [-0.4, -0.2) is 91.4 Å². The molecule has 368 valence electrons. The van der Waals surface area contributed by atoms with Crippen LogP contribution >= 0.6 is 0 Å². The van der Waals surface area contributed by atoms with Crippen molar-refractivity contribution in [2.75, 3.05) is 37.2 Å². The van der Waals surface area contributed by atoms with Crippen LogP contribution in [0.5, 0.6) is 0 Å². The third-order valence-electron chi connectivity index (χ3n) is 15.1. The molecule has 0 N–H and O–H groups in total. The molecular formula is C56H52N4O12. The van der Waals surface area contributed by atoms with E-state index in [1.54, 1.807) is 63.9 Å². The van der Waals surface area contributed by atoms with Gasteiger partial charge >= 0.3 is 23.9 Å². The number of carbonyl (C=O) groups excluding carboxylic acids is 6. The predicted molar refractivity (Wildman–Crippen MR) is 258 cm³/mol. The number of nitrogens with zero attached hydrogens (tertiary/aromatic N) is 4. The second-order valence-electron chi connectivity index (χ2n) is 18.9. The zero-order chi connectivity index (χ0) is 50.4. The summed E-state index contributed by atoms with van der Waals surface area (Å²) in [7, 11) is 2.44. The standard InChI is InChI=1S/C56H52N4O12/c1-7-69-48(61)36-27-43-54(53(66)70-8-2)23-24-57-30-39(49(62)67-5)55(37-25-32(3)19-21-41(37)58(51(55)64)28-34-15-11-9-12-16-34)72-47(57)45(54)44(36)46-60(43)31-40(50(63)68-6)56(71-46)38-26-33(4)20-22-42(38)59(52(56)65)29-35-17-13-10-14-18-35/h9-27,30-31,43-47H,7-8,28-29H2,1-6H3. The number of hydrogen-bond acceptors (Lipinski definition) is 14. The minimum Gasteiger partial charge on any atom is -0.466 e. The Kier molecular flexibility index (Phi) is 11.1. The van der Waals surface area contributed by atoms with E-state index in [0.717, 1.165) is 22.3 Å². The van der Waals surface area contributed by atoms with Crippen molar-refractivity contribution in [3.05, 3.63) is 178 Å². The van der Waals surface area contributed by atoms with E-state index in [2.05, 4.69) is 0 Å². The Morgan fingerprint density at radius 3 is 1.67 bits per heavy atom. The second kappa shape index (κ2) is 17.2. The number of amides is 2. The van der Waals surface area contributed by atoms with Crippen LogP contribution in [0.15, 0.2) is 145 Å². The van der Waals surface area contributed by atoms with Gasteiger partial charge in [0.15, 0.2) is 0 Å². The number of methoxy groups -OCH3 is 2. The summed E-state index contributed by atoms with van der Waals surface area (Å²) < 4.78 is 37.5. The Morgan fingerprint density at radius 2 is 1.15 bits per heavy atom. The number of benzene rings is 4. The van der Waals surface area contributed by atoms with Gasteiger partial charge in [-0.25, -0.2) is 14.4 Å². The van der Waals surface area contributed by atoms with Crippen molar-refractivity contribution in [3.8, 4) is 0 Å². The fourth-order valence-electron chi connectivity index (χ4n) is 12.1. The number of piperidine rings is 1. The van der Waals surface area contributed by atoms with Crippen molar-refractivity contribution < 1.29 is 57.2 Å². The molecule has 1 fully saturated rings. The van der Waals surface area contributed by atoms with Crippen LogP contribution in [0.1, 0.15) is 47.2 Å². The number of ether oxygens (including phenoxy) is 6. The van der Waals surface area contributed by atoms with Gasteiger partial charge in [0.05, 0.1) is 69.1 Å². The average molecular weight is 973 g/mol. The molecule has 0 aromatic heterocycles. The fourth-order valence-corrected chi connectivity index (χ4v) is 12.1. The summed E-state index contributed by atoms with van der Waals surface area (Å²) in [5.74, 6) is -6.67. The molecule has 2 bridgehead atoms. The van der Waals surface area contributed by atoms with Crippen LogP contribution in [0, 0.1) is 31.1 Å². The molecule has 4 aromatic rings. The number of anilines is 2. The maximum atomic E-state index is 15.7. The van der Waals surface area contributed by atoms with Gasteiger partial charge in [0.1, 0.15) is 17.9 Å². The molecule has 8 unspecified atom stereocenters. The number of aryl methyl sites for hydroxylation is 2. The van der Waals surface area contributed by atoms with E-state index in [1.807, 2.05) is 98.8 Å². The number of fused-ring (bicyclic) bond motifs is 5. The van der Waals surface area contributed by atoms with Gasteiger partial charge in [-0.15, -0.1) is 0 Å². The first-order chi connectivity index (χ1) is 34.8. The third-order valence-corrected chi connectivity index (χ3v) is 15.1. The minimum absolute atomic E-state index is 0.00538. The maximum absolute atomic E-state index is 15.7. The molecule has 8 aliphatic rings. The van der Waals surface area contributed by atoms with E-state index in [-0.39, 0.29) is 43.0 Å². The van der Waals surface area contributed by atoms with Gasteiger partial charge in [-0.2, -0.15) is 0 Å². The average Bonchev–Trinajstić information content (AvgIpc) is 3.74. The zero-order valence-electron chi connectivity index (χ0n) is 40.5. The molecule has 4 aromatic carbocycles. The summed E-state index contributed by atoms with van der Waals surface area (Å²) >= 11 is 0. The van der Waals surface area contributed by atoms with Crippen LogP contribution in [-0.2, 0) is 81.5 Å². The molecule has 2 amide bonds.